The van der Waals surface area contributed by atoms with Gasteiger partial charge in [-0.1, -0.05) is 13.0 Å². The van der Waals surface area contributed by atoms with Crippen molar-refractivity contribution in [3.8, 4) is 0 Å². The van der Waals surface area contributed by atoms with Gasteiger partial charge in [0.25, 0.3) is 5.69 Å². The first kappa shape index (κ1) is 19.9. The topological polar surface area (TPSA) is 70.8 Å². The highest BCUT2D eigenvalue weighted by atomic mass is 16.6. The predicted molar refractivity (Wildman–Crippen MR) is 115 cm³/mol. The molecule has 0 bridgehead atoms. The highest BCUT2D eigenvalue weighted by Crippen LogP contribution is 2.44. The highest BCUT2D eigenvalue weighted by Gasteiger charge is 2.37. The Hall–Kier alpha value is -2.89. The molecule has 6 nitrogen and oxygen atoms in total. The van der Waals surface area contributed by atoms with Crippen LogP contribution in [0.4, 0.5) is 17.1 Å². The molecule has 0 saturated heterocycles. The van der Waals surface area contributed by atoms with Crippen molar-refractivity contribution in [2.45, 2.75) is 58.5 Å². The normalized spacial score (nSPS) is 18.4. The Kier molecular flexibility index (Phi) is 5.40. The zero-order valence-electron chi connectivity index (χ0n) is 17.1. The molecule has 1 aliphatic heterocycles. The lowest BCUT2D eigenvalue weighted by Gasteiger charge is -2.50. The molecule has 0 fully saturated rings. The van der Waals surface area contributed by atoms with Crippen LogP contribution in [0.2, 0.25) is 0 Å². The van der Waals surface area contributed by atoms with Crippen molar-refractivity contribution in [3.63, 3.8) is 0 Å². The van der Waals surface area contributed by atoms with Crippen molar-refractivity contribution in [2.24, 2.45) is 5.10 Å². The van der Waals surface area contributed by atoms with E-state index < -0.39 is 4.92 Å². The highest BCUT2D eigenvalue weighted by molar-refractivity contribution is 5.82. The Balaban J connectivity index is 1.79. The van der Waals surface area contributed by atoms with Crippen LogP contribution in [0.5, 0.6) is 0 Å². The molecule has 0 saturated carbocycles. The zero-order chi connectivity index (χ0) is 20.5. The van der Waals surface area contributed by atoms with Crippen molar-refractivity contribution in [3.05, 3.63) is 63.7 Å². The summed E-state index contributed by atoms with van der Waals surface area (Å²) in [6.07, 6.45) is 2.90. The molecule has 1 heterocycles. The summed E-state index contributed by atoms with van der Waals surface area (Å²) in [5.41, 5.74) is 7.52. The van der Waals surface area contributed by atoms with E-state index in [1.807, 2.05) is 0 Å². The number of nitro benzene ring substituents is 1. The molecule has 148 valence electrons. The summed E-state index contributed by atoms with van der Waals surface area (Å²) in [4.78, 5) is 12.8. The first-order valence-corrected chi connectivity index (χ1v) is 9.66. The van der Waals surface area contributed by atoms with Gasteiger partial charge < -0.3 is 4.90 Å². The maximum atomic E-state index is 10.7. The largest absolute Gasteiger partial charge is 0.364 e. The SMILES string of the molecule is CC(C)N1c2ccc(/C=N\Nc3ccc([N+](=O)[O-])cc3)cc2[C@H](C)CC1(C)C. The lowest BCUT2D eigenvalue weighted by atomic mass is 9.79. The van der Waals surface area contributed by atoms with Gasteiger partial charge in [0.1, 0.15) is 0 Å². The third-order valence-corrected chi connectivity index (χ3v) is 5.30. The summed E-state index contributed by atoms with van der Waals surface area (Å²) in [6.45, 7) is 11.4. The molecule has 28 heavy (non-hydrogen) atoms. The van der Waals surface area contributed by atoms with Crippen LogP contribution >= 0.6 is 0 Å². The van der Waals surface area contributed by atoms with E-state index in [4.69, 9.17) is 0 Å². The van der Waals surface area contributed by atoms with E-state index in [0.29, 0.717) is 17.6 Å². The number of nitrogens with one attached hydrogen (secondary N) is 1. The van der Waals surface area contributed by atoms with Crippen LogP contribution in [0.3, 0.4) is 0 Å². The Morgan fingerprint density at radius 1 is 1.25 bits per heavy atom. The summed E-state index contributed by atoms with van der Waals surface area (Å²) in [6, 6.07) is 13.1. The lowest BCUT2D eigenvalue weighted by Crippen LogP contribution is -2.51. The standard InChI is InChI=1S/C22H28N4O2/c1-15(2)25-21-11-6-17(12-20(21)16(3)13-22(25,4)5)14-23-24-18-7-9-19(10-8-18)26(27)28/h6-12,14-16,24H,13H2,1-5H3/b23-14-/t16-/m1/s1. The van der Waals surface area contributed by atoms with Crippen LogP contribution in [-0.2, 0) is 0 Å². The Morgan fingerprint density at radius 3 is 2.54 bits per heavy atom. The first-order valence-electron chi connectivity index (χ1n) is 9.66. The molecule has 0 aliphatic carbocycles. The van der Waals surface area contributed by atoms with Gasteiger partial charge in [0, 0.05) is 29.4 Å². The minimum absolute atomic E-state index is 0.0656. The Morgan fingerprint density at radius 2 is 1.93 bits per heavy atom. The van der Waals surface area contributed by atoms with Crippen molar-refractivity contribution >= 4 is 23.3 Å². The van der Waals surface area contributed by atoms with E-state index in [-0.39, 0.29) is 11.2 Å². The van der Waals surface area contributed by atoms with Crippen molar-refractivity contribution in [1.29, 1.82) is 0 Å². The summed E-state index contributed by atoms with van der Waals surface area (Å²) in [7, 11) is 0. The molecule has 2 aromatic carbocycles. The van der Waals surface area contributed by atoms with E-state index in [0.717, 1.165) is 12.0 Å². The summed E-state index contributed by atoms with van der Waals surface area (Å²) < 4.78 is 0. The van der Waals surface area contributed by atoms with Crippen molar-refractivity contribution in [1.82, 2.24) is 0 Å². The van der Waals surface area contributed by atoms with Crippen LogP contribution in [-0.4, -0.2) is 22.7 Å². The van der Waals surface area contributed by atoms with Gasteiger partial charge >= 0.3 is 0 Å². The number of nitro groups is 1. The van der Waals surface area contributed by atoms with Gasteiger partial charge in [-0.2, -0.15) is 5.10 Å². The van der Waals surface area contributed by atoms with Gasteiger partial charge in [0.2, 0.25) is 0 Å². The maximum Gasteiger partial charge on any atom is 0.269 e. The van der Waals surface area contributed by atoms with Crippen LogP contribution in [0, 0.1) is 10.1 Å². The summed E-state index contributed by atoms with van der Waals surface area (Å²) in [5, 5.41) is 15.0. The minimum Gasteiger partial charge on any atom is -0.364 e. The number of benzene rings is 2. The third kappa shape index (κ3) is 4.01. The molecule has 2 aromatic rings. The van der Waals surface area contributed by atoms with Gasteiger partial charge in [0.05, 0.1) is 16.8 Å². The molecule has 0 radical (unpaired) electrons. The first-order chi connectivity index (χ1) is 13.2. The molecule has 0 aromatic heterocycles. The van der Waals surface area contributed by atoms with Crippen LogP contribution in [0.15, 0.2) is 47.6 Å². The fraction of sp³-hybridized carbons (Fsp3) is 0.409. The second-order valence-electron chi connectivity index (χ2n) is 8.37. The van der Waals surface area contributed by atoms with Crippen molar-refractivity contribution in [2.75, 3.05) is 10.3 Å². The number of fused-ring (bicyclic) bond motifs is 1. The van der Waals surface area contributed by atoms with Crippen LogP contribution in [0.25, 0.3) is 0 Å². The number of hydrazone groups is 1. The summed E-state index contributed by atoms with van der Waals surface area (Å²) >= 11 is 0. The lowest BCUT2D eigenvalue weighted by molar-refractivity contribution is -0.384. The van der Waals surface area contributed by atoms with Crippen molar-refractivity contribution < 1.29 is 4.92 Å². The molecule has 1 N–H and O–H groups in total. The summed E-state index contributed by atoms with van der Waals surface area (Å²) in [5.74, 6) is 0.482. The van der Waals surface area contributed by atoms with Crippen LogP contribution < -0.4 is 10.3 Å². The van der Waals surface area contributed by atoms with Gasteiger partial charge in [0.15, 0.2) is 0 Å². The quantitative estimate of drug-likeness (QED) is 0.420. The Labute approximate surface area is 166 Å². The number of rotatable bonds is 5. The van der Waals surface area contributed by atoms with E-state index in [1.54, 1.807) is 18.3 Å². The monoisotopic (exact) mass is 380 g/mol. The van der Waals surface area contributed by atoms with E-state index in [2.05, 4.69) is 68.2 Å². The predicted octanol–water partition coefficient (Wildman–Crippen LogP) is 5.54. The number of nitrogens with zero attached hydrogens (tertiary/aromatic N) is 3. The van der Waals surface area contributed by atoms with Gasteiger partial charge in [-0.05, 0) is 75.4 Å². The number of hydrogen-bond donors (Lipinski definition) is 1. The molecule has 1 atom stereocenters. The van der Waals surface area contributed by atoms with E-state index in [9.17, 15) is 10.1 Å². The minimum atomic E-state index is -0.414. The van der Waals surface area contributed by atoms with Crippen LogP contribution in [0.1, 0.15) is 58.1 Å². The average Bonchev–Trinajstić information content (AvgIpc) is 2.61. The molecule has 6 heteroatoms. The number of hydrogen-bond acceptors (Lipinski definition) is 5. The molecule has 0 amide bonds. The second-order valence-corrected chi connectivity index (χ2v) is 8.37. The maximum absolute atomic E-state index is 10.7. The van der Waals surface area contributed by atoms with E-state index >= 15 is 0 Å². The fourth-order valence-electron chi connectivity index (χ4n) is 4.37. The third-order valence-electron chi connectivity index (χ3n) is 5.30. The second kappa shape index (κ2) is 7.62. The average molecular weight is 380 g/mol. The number of non-ortho nitro benzene ring substituents is 1. The molecular formula is C22H28N4O2. The van der Waals surface area contributed by atoms with Gasteiger partial charge in [-0.3, -0.25) is 15.5 Å². The number of anilines is 2. The molecule has 0 unspecified atom stereocenters. The fourth-order valence-corrected chi connectivity index (χ4v) is 4.37. The van der Waals surface area contributed by atoms with Gasteiger partial charge in [-0.15, -0.1) is 0 Å². The molecular weight excluding hydrogens is 352 g/mol. The van der Waals surface area contributed by atoms with Gasteiger partial charge in [-0.25, -0.2) is 0 Å². The van der Waals surface area contributed by atoms with E-state index in [1.165, 1.54) is 23.4 Å². The molecule has 3 rings (SSSR count). The zero-order valence-corrected chi connectivity index (χ0v) is 17.1. The molecule has 1 aliphatic rings. The smallest absolute Gasteiger partial charge is 0.269 e. The Bertz CT molecular complexity index is 888. The molecule has 0 spiro atoms.